The van der Waals surface area contributed by atoms with Crippen molar-refractivity contribution in [1.82, 2.24) is 4.90 Å². The fraction of sp³-hybridized carbons (Fsp3) is 0.450. The number of hydrogen-bond acceptors (Lipinski definition) is 10. The van der Waals surface area contributed by atoms with Crippen molar-refractivity contribution >= 4 is 25.3 Å². The third kappa shape index (κ3) is 4.64. The highest BCUT2D eigenvalue weighted by molar-refractivity contribution is 7.48. The summed E-state index contributed by atoms with van der Waals surface area (Å²) in [5, 5.41) is 22.1. The molecule has 0 aliphatic carbocycles. The quantitative estimate of drug-likeness (QED) is 0.537. The number of ether oxygens (including phenoxy) is 1. The molecule has 0 aromatic heterocycles. The molecule has 0 saturated carbocycles. The van der Waals surface area contributed by atoms with E-state index < -0.39 is 38.0 Å². The molecule has 0 bridgehead atoms. The molecule has 3 aliphatic heterocycles. The Hall–Kier alpha value is -1.75. The maximum absolute atomic E-state index is 13.0. The van der Waals surface area contributed by atoms with Gasteiger partial charge in [-0.3, -0.25) is 13.6 Å². The maximum atomic E-state index is 13.0. The van der Waals surface area contributed by atoms with Crippen LogP contribution < -0.4 is 5.73 Å². The predicted molar refractivity (Wildman–Crippen MR) is 116 cm³/mol. The molecule has 2 fully saturated rings. The summed E-state index contributed by atoms with van der Waals surface area (Å²) in [6, 6.07) is 7.04. The van der Waals surface area contributed by atoms with Crippen molar-refractivity contribution in [1.29, 1.82) is 0 Å². The zero-order valence-electron chi connectivity index (χ0n) is 17.3. The lowest BCUT2D eigenvalue weighted by Crippen LogP contribution is -2.51. The van der Waals surface area contributed by atoms with E-state index in [-0.39, 0.29) is 24.9 Å². The van der Waals surface area contributed by atoms with Crippen LogP contribution in [0.1, 0.15) is 25.0 Å². The van der Waals surface area contributed by atoms with Crippen LogP contribution in [0.25, 0.3) is 0 Å². The van der Waals surface area contributed by atoms with Crippen molar-refractivity contribution in [2.45, 2.75) is 43.5 Å². The van der Waals surface area contributed by atoms with Gasteiger partial charge in [-0.05, 0) is 30.7 Å². The first kappa shape index (κ1) is 23.4. The summed E-state index contributed by atoms with van der Waals surface area (Å²) in [7, 11) is -3.94. The normalized spacial score (nSPS) is 37.6. The number of hydrogen-bond donors (Lipinski definition) is 3. The summed E-state index contributed by atoms with van der Waals surface area (Å²) in [6.45, 7) is 5.01. The highest BCUT2D eigenvalue weighted by atomic mass is 35.5. The number of aliphatic imine (C=N–C) groups is 1. The molecule has 4 N–H and O–H groups in total. The Kier molecular flexibility index (Phi) is 6.50. The summed E-state index contributed by atoms with van der Waals surface area (Å²) in [6.07, 6.45) is -0.405. The second-order valence-electron chi connectivity index (χ2n) is 7.89. The van der Waals surface area contributed by atoms with Gasteiger partial charge in [-0.25, -0.2) is 9.56 Å². The fourth-order valence-electron chi connectivity index (χ4n) is 3.76. The summed E-state index contributed by atoms with van der Waals surface area (Å²) in [4.78, 5) is 5.49. The number of nitrogens with two attached hydrogens (primary N) is 1. The standard InChI is InChI=1S/C20H25ClN3O7P/c1-12-23-17(22)6-8-24(12)19-20(2,26)18(25)16(30-19)11-29-32(27)28-9-7-15(31-32)13-4-3-5-14(21)10-13/h3-6,8,10,15-16,18-19,25-26H,1,7,9,11H2,2H3,(H2,22,23)/t15?,16-,18-,19-,20-,32?/m1/s1. The van der Waals surface area contributed by atoms with E-state index in [0.717, 1.165) is 5.56 Å². The lowest BCUT2D eigenvalue weighted by atomic mass is 9.96. The van der Waals surface area contributed by atoms with Crippen LogP contribution in [0.4, 0.5) is 0 Å². The Bertz CT molecular complexity index is 1000. The highest BCUT2D eigenvalue weighted by Crippen LogP contribution is 2.57. The second-order valence-corrected chi connectivity index (χ2v) is 9.95. The molecule has 2 saturated heterocycles. The molecule has 0 spiro atoms. The van der Waals surface area contributed by atoms with E-state index in [9.17, 15) is 14.8 Å². The Morgan fingerprint density at radius 3 is 3.00 bits per heavy atom. The summed E-state index contributed by atoms with van der Waals surface area (Å²) in [5.74, 6) is 0.489. The topological polar surface area (TPSA) is 136 Å². The average Bonchev–Trinajstić information content (AvgIpc) is 2.96. The van der Waals surface area contributed by atoms with E-state index in [4.69, 9.17) is 35.6 Å². The van der Waals surface area contributed by atoms with Crippen LogP contribution >= 0.6 is 19.4 Å². The zero-order chi connectivity index (χ0) is 23.1. The Morgan fingerprint density at radius 2 is 2.28 bits per heavy atom. The van der Waals surface area contributed by atoms with Gasteiger partial charge in [0.15, 0.2) is 6.23 Å². The van der Waals surface area contributed by atoms with Gasteiger partial charge in [0, 0.05) is 17.6 Å². The third-order valence-corrected chi connectivity index (χ3v) is 7.18. The number of aliphatic hydroxyl groups is 2. The SMILES string of the molecule is C=C1N=C(N)C=CN1[C@@H]1O[C@H](COP2(=O)OCCC(c3cccc(Cl)c3)O2)[C@@H](O)[C@@]1(C)O. The lowest BCUT2D eigenvalue weighted by molar-refractivity contribution is -0.111. The molecular weight excluding hydrogens is 461 g/mol. The molecular formula is C20H25ClN3O7P. The van der Waals surface area contributed by atoms with Crippen LogP contribution in [0.5, 0.6) is 0 Å². The molecule has 6 atom stereocenters. The van der Waals surface area contributed by atoms with Gasteiger partial charge in [0.2, 0.25) is 0 Å². The molecule has 3 aliphatic rings. The van der Waals surface area contributed by atoms with Crippen LogP contribution in [0.3, 0.4) is 0 Å². The number of phosphoric acid groups is 1. The lowest BCUT2D eigenvalue weighted by Gasteiger charge is -2.35. The molecule has 174 valence electrons. The molecule has 1 aromatic carbocycles. The minimum Gasteiger partial charge on any atom is -0.387 e. The van der Waals surface area contributed by atoms with Crippen LogP contribution in [-0.2, 0) is 22.9 Å². The predicted octanol–water partition coefficient (Wildman–Crippen LogP) is 2.44. The number of rotatable bonds is 5. The van der Waals surface area contributed by atoms with Crippen molar-refractivity contribution in [3.8, 4) is 0 Å². The first-order valence-corrected chi connectivity index (χ1v) is 11.8. The van der Waals surface area contributed by atoms with Crippen molar-refractivity contribution in [3.05, 3.63) is 59.5 Å². The highest BCUT2D eigenvalue weighted by Gasteiger charge is 2.55. The Labute approximate surface area is 190 Å². The van der Waals surface area contributed by atoms with Crippen molar-refractivity contribution in [2.75, 3.05) is 13.2 Å². The number of benzene rings is 1. The summed E-state index contributed by atoms with van der Waals surface area (Å²) < 4.78 is 35.2. The molecule has 12 heteroatoms. The van der Waals surface area contributed by atoms with Gasteiger partial charge in [-0.2, -0.15) is 0 Å². The minimum atomic E-state index is -3.94. The van der Waals surface area contributed by atoms with Gasteiger partial charge in [0.25, 0.3) is 0 Å². The van der Waals surface area contributed by atoms with E-state index in [0.29, 0.717) is 11.4 Å². The van der Waals surface area contributed by atoms with Crippen molar-refractivity contribution in [3.63, 3.8) is 0 Å². The van der Waals surface area contributed by atoms with E-state index in [1.807, 2.05) is 6.07 Å². The third-order valence-electron chi connectivity index (χ3n) is 5.47. The number of halogens is 1. The molecule has 4 rings (SSSR count). The zero-order valence-corrected chi connectivity index (χ0v) is 19.0. The van der Waals surface area contributed by atoms with Gasteiger partial charge in [0.1, 0.15) is 29.5 Å². The fourth-order valence-corrected chi connectivity index (χ4v) is 5.35. The van der Waals surface area contributed by atoms with Gasteiger partial charge in [-0.15, -0.1) is 0 Å². The Balaban J connectivity index is 1.42. The van der Waals surface area contributed by atoms with Gasteiger partial charge in [-0.1, -0.05) is 30.3 Å². The van der Waals surface area contributed by atoms with Crippen LogP contribution in [0, 0.1) is 0 Å². The molecule has 2 unspecified atom stereocenters. The number of amidine groups is 1. The molecule has 10 nitrogen and oxygen atoms in total. The van der Waals surface area contributed by atoms with Crippen LogP contribution in [0.2, 0.25) is 5.02 Å². The summed E-state index contributed by atoms with van der Waals surface area (Å²) >= 11 is 6.04. The maximum Gasteiger partial charge on any atom is 0.475 e. The largest absolute Gasteiger partial charge is 0.475 e. The monoisotopic (exact) mass is 485 g/mol. The van der Waals surface area contributed by atoms with Crippen molar-refractivity contribution < 1.29 is 33.1 Å². The number of nitrogens with zero attached hydrogens (tertiary/aromatic N) is 2. The smallest absolute Gasteiger partial charge is 0.387 e. The van der Waals surface area contributed by atoms with E-state index >= 15 is 0 Å². The van der Waals surface area contributed by atoms with Crippen LogP contribution in [-0.4, -0.2) is 58.2 Å². The molecule has 0 radical (unpaired) electrons. The second kappa shape index (κ2) is 8.89. The molecule has 32 heavy (non-hydrogen) atoms. The van der Waals surface area contributed by atoms with E-state index in [2.05, 4.69) is 11.6 Å². The van der Waals surface area contributed by atoms with Gasteiger partial charge >= 0.3 is 7.82 Å². The van der Waals surface area contributed by atoms with Gasteiger partial charge in [0.05, 0.1) is 19.3 Å². The average molecular weight is 486 g/mol. The number of phosphoric ester groups is 1. The molecule has 1 aromatic rings. The van der Waals surface area contributed by atoms with Gasteiger partial charge < -0.3 is 25.6 Å². The van der Waals surface area contributed by atoms with Crippen LogP contribution in [0.15, 0.2) is 53.9 Å². The first-order valence-electron chi connectivity index (χ1n) is 9.97. The summed E-state index contributed by atoms with van der Waals surface area (Å²) in [5.41, 5.74) is 4.69. The Morgan fingerprint density at radius 1 is 1.50 bits per heavy atom. The molecule has 0 amide bonds. The first-order chi connectivity index (χ1) is 15.1. The molecule has 3 heterocycles. The van der Waals surface area contributed by atoms with Crippen molar-refractivity contribution in [2.24, 2.45) is 10.7 Å². The minimum absolute atomic E-state index is 0.153. The van der Waals surface area contributed by atoms with E-state index in [1.165, 1.54) is 17.9 Å². The van der Waals surface area contributed by atoms with E-state index in [1.54, 1.807) is 24.4 Å². The number of aliphatic hydroxyl groups excluding tert-OH is 1.